The largest absolute Gasteiger partial charge is 0.455 e. The zero-order valence-corrected chi connectivity index (χ0v) is 32.0. The Morgan fingerprint density at radius 2 is 0.983 bits per heavy atom. The summed E-state index contributed by atoms with van der Waals surface area (Å²) in [7, 11) is 0. The molecule has 8 aromatic carbocycles. The van der Waals surface area contributed by atoms with E-state index in [9.17, 15) is 0 Å². The van der Waals surface area contributed by atoms with Gasteiger partial charge in [0.15, 0.2) is 17.5 Å². The molecule has 0 amide bonds. The van der Waals surface area contributed by atoms with Crippen molar-refractivity contribution in [3.05, 3.63) is 193 Å². The number of aryl methyl sites for hydroxylation is 2. The van der Waals surface area contributed by atoms with Gasteiger partial charge in [0, 0.05) is 43.8 Å². The summed E-state index contributed by atoms with van der Waals surface area (Å²) < 4.78 is 8.94. The molecule has 0 fully saturated rings. The van der Waals surface area contributed by atoms with Gasteiger partial charge in [-0.2, -0.15) is 0 Å². The zero-order valence-electron chi connectivity index (χ0n) is 32.0. The summed E-state index contributed by atoms with van der Waals surface area (Å²) in [6.07, 6.45) is 0. The first-order valence-corrected chi connectivity index (χ1v) is 19.6. The zero-order chi connectivity index (χ0) is 38.7. The highest BCUT2D eigenvalue weighted by atomic mass is 16.3. The number of para-hydroxylation sites is 3. The molecule has 0 saturated heterocycles. The first kappa shape index (κ1) is 33.7. The van der Waals surface area contributed by atoms with Crippen LogP contribution in [0.2, 0.25) is 0 Å². The van der Waals surface area contributed by atoms with Gasteiger partial charge in [0.2, 0.25) is 0 Å². The monoisotopic (exact) mass is 744 g/mol. The van der Waals surface area contributed by atoms with Gasteiger partial charge < -0.3 is 8.98 Å². The van der Waals surface area contributed by atoms with Gasteiger partial charge in [-0.25, -0.2) is 15.0 Å². The fourth-order valence-corrected chi connectivity index (χ4v) is 8.53. The third-order valence-corrected chi connectivity index (χ3v) is 11.1. The number of nitrogens with zero attached hydrogens (tertiary/aromatic N) is 4. The Hall–Kier alpha value is -7.63. The number of fused-ring (bicyclic) bond motifs is 6. The van der Waals surface area contributed by atoms with Crippen molar-refractivity contribution in [1.82, 2.24) is 19.5 Å². The minimum absolute atomic E-state index is 0.583. The molecular formula is C53H36N4O. The van der Waals surface area contributed by atoms with E-state index in [2.05, 4.69) is 128 Å². The summed E-state index contributed by atoms with van der Waals surface area (Å²) >= 11 is 0. The van der Waals surface area contributed by atoms with E-state index < -0.39 is 0 Å². The lowest BCUT2D eigenvalue weighted by molar-refractivity contribution is 0.670. The van der Waals surface area contributed by atoms with Crippen LogP contribution >= 0.6 is 0 Å². The van der Waals surface area contributed by atoms with Crippen molar-refractivity contribution >= 4 is 43.7 Å². The Labute approximate surface area is 335 Å². The molecule has 0 unspecified atom stereocenters. The first-order chi connectivity index (χ1) is 28.6. The van der Waals surface area contributed by atoms with E-state index in [0.29, 0.717) is 17.5 Å². The van der Waals surface area contributed by atoms with E-state index in [1.54, 1.807) is 0 Å². The second-order valence-electron chi connectivity index (χ2n) is 15.0. The summed E-state index contributed by atoms with van der Waals surface area (Å²) in [4.78, 5) is 15.6. The summed E-state index contributed by atoms with van der Waals surface area (Å²) in [5.74, 6) is 1.81. The lowest BCUT2D eigenvalue weighted by Gasteiger charge is -2.16. The van der Waals surface area contributed by atoms with E-state index in [-0.39, 0.29) is 0 Å². The van der Waals surface area contributed by atoms with Crippen LogP contribution in [-0.2, 0) is 0 Å². The Bertz CT molecular complexity index is 3280. The van der Waals surface area contributed by atoms with Crippen molar-refractivity contribution < 1.29 is 4.42 Å². The highest BCUT2D eigenvalue weighted by molar-refractivity contribution is 6.12. The van der Waals surface area contributed by atoms with Crippen molar-refractivity contribution in [2.45, 2.75) is 13.8 Å². The predicted octanol–water partition coefficient (Wildman–Crippen LogP) is 13.8. The van der Waals surface area contributed by atoms with Crippen molar-refractivity contribution in [3.63, 3.8) is 0 Å². The van der Waals surface area contributed by atoms with Crippen LogP contribution in [-0.4, -0.2) is 19.5 Å². The molecule has 58 heavy (non-hydrogen) atoms. The maximum atomic E-state index is 6.57. The van der Waals surface area contributed by atoms with Gasteiger partial charge in [0.25, 0.3) is 0 Å². The van der Waals surface area contributed by atoms with Crippen LogP contribution in [0, 0.1) is 13.8 Å². The molecule has 0 radical (unpaired) electrons. The Morgan fingerprint density at radius 3 is 1.72 bits per heavy atom. The number of benzene rings is 8. The maximum Gasteiger partial charge on any atom is 0.166 e. The van der Waals surface area contributed by atoms with Gasteiger partial charge in [0.05, 0.1) is 16.7 Å². The van der Waals surface area contributed by atoms with Crippen molar-refractivity contribution in [2.75, 3.05) is 0 Å². The van der Waals surface area contributed by atoms with Crippen LogP contribution in [0.5, 0.6) is 0 Å². The van der Waals surface area contributed by atoms with Crippen molar-refractivity contribution in [2.24, 2.45) is 0 Å². The van der Waals surface area contributed by atoms with E-state index in [4.69, 9.17) is 19.4 Å². The fourth-order valence-electron chi connectivity index (χ4n) is 8.53. The lowest BCUT2D eigenvalue weighted by atomic mass is 9.98. The SMILES string of the molecule is Cc1cc(C)cc(-c2ccc3c(c2)c2ccccc2n3-c2ccc(-c3cccc4c3oc3ccccc34)cc2-c2nc(-c3ccccc3)nc(-c3ccccc3)n2)c1. The molecule has 3 heterocycles. The molecule has 3 aromatic heterocycles. The lowest BCUT2D eigenvalue weighted by Crippen LogP contribution is -2.04. The minimum Gasteiger partial charge on any atom is -0.455 e. The molecule has 11 aromatic rings. The molecule has 5 nitrogen and oxygen atoms in total. The number of aromatic nitrogens is 4. The smallest absolute Gasteiger partial charge is 0.166 e. The summed E-state index contributed by atoms with van der Waals surface area (Å²) in [6.45, 7) is 4.32. The highest BCUT2D eigenvalue weighted by Gasteiger charge is 2.22. The average Bonchev–Trinajstić information content (AvgIpc) is 3.82. The molecule has 0 saturated carbocycles. The number of rotatable bonds is 6. The molecule has 0 atom stereocenters. The van der Waals surface area contributed by atoms with Crippen LogP contribution < -0.4 is 0 Å². The van der Waals surface area contributed by atoms with Crippen molar-refractivity contribution in [3.8, 4) is 62.1 Å². The van der Waals surface area contributed by atoms with Crippen LogP contribution in [0.25, 0.3) is 106 Å². The third-order valence-electron chi connectivity index (χ3n) is 11.1. The third kappa shape index (κ3) is 5.67. The van der Waals surface area contributed by atoms with Crippen LogP contribution in [0.15, 0.2) is 186 Å². The Kier molecular flexibility index (Phi) is 7.86. The van der Waals surface area contributed by atoms with Gasteiger partial charge in [-0.15, -0.1) is 0 Å². The topological polar surface area (TPSA) is 56.7 Å². The molecule has 0 aliphatic rings. The van der Waals surface area contributed by atoms with E-state index in [1.165, 1.54) is 33.0 Å². The molecule has 0 bridgehead atoms. The van der Waals surface area contributed by atoms with Crippen LogP contribution in [0.3, 0.4) is 0 Å². The molecule has 0 spiro atoms. The standard InChI is InChI=1S/C53H36N4O/c1-33-28-34(2)30-39(29-33)37-24-26-47-44(31-37)41-18-9-11-22-46(41)57(47)48-27-25-38(40-20-13-21-43-42-19-10-12-23-49(42)58-50(40)43)32-45(48)53-55-51(35-14-5-3-6-15-35)54-52(56-53)36-16-7-4-8-17-36/h3-32H,1-2H3. The van der Waals surface area contributed by atoms with E-state index in [1.807, 2.05) is 72.8 Å². The van der Waals surface area contributed by atoms with Gasteiger partial charge in [-0.05, 0) is 66.9 Å². The Morgan fingerprint density at radius 1 is 0.379 bits per heavy atom. The molecule has 274 valence electrons. The number of furan rings is 1. The molecular weight excluding hydrogens is 709 g/mol. The molecule has 5 heteroatoms. The minimum atomic E-state index is 0.583. The quantitative estimate of drug-likeness (QED) is 0.170. The van der Waals surface area contributed by atoms with Gasteiger partial charge in [-0.1, -0.05) is 157 Å². The summed E-state index contributed by atoms with van der Waals surface area (Å²) in [5.41, 5.74) is 14.5. The van der Waals surface area contributed by atoms with E-state index in [0.717, 1.165) is 66.5 Å². The second-order valence-corrected chi connectivity index (χ2v) is 15.0. The fraction of sp³-hybridized carbons (Fsp3) is 0.0377. The highest BCUT2D eigenvalue weighted by Crippen LogP contribution is 2.42. The summed E-state index contributed by atoms with van der Waals surface area (Å²) in [5, 5.41) is 4.54. The molecule has 0 aliphatic carbocycles. The van der Waals surface area contributed by atoms with E-state index >= 15 is 0 Å². The van der Waals surface area contributed by atoms with Crippen LogP contribution in [0.1, 0.15) is 11.1 Å². The normalized spacial score (nSPS) is 11.6. The predicted molar refractivity (Wildman–Crippen MR) is 238 cm³/mol. The van der Waals surface area contributed by atoms with Gasteiger partial charge in [-0.3, -0.25) is 0 Å². The number of hydrogen-bond donors (Lipinski definition) is 0. The molecule has 11 rings (SSSR count). The Balaban J connectivity index is 1.21. The van der Waals surface area contributed by atoms with Crippen molar-refractivity contribution in [1.29, 1.82) is 0 Å². The molecule has 0 aliphatic heterocycles. The number of hydrogen-bond acceptors (Lipinski definition) is 4. The average molecular weight is 745 g/mol. The van der Waals surface area contributed by atoms with Crippen LogP contribution in [0.4, 0.5) is 0 Å². The first-order valence-electron chi connectivity index (χ1n) is 19.6. The second kappa shape index (κ2) is 13.5. The van der Waals surface area contributed by atoms with Gasteiger partial charge >= 0.3 is 0 Å². The maximum absolute atomic E-state index is 6.57. The van der Waals surface area contributed by atoms with Gasteiger partial charge in [0.1, 0.15) is 11.2 Å². The molecule has 0 N–H and O–H groups in total. The summed E-state index contributed by atoms with van der Waals surface area (Å²) in [6, 6.07) is 63.8.